The van der Waals surface area contributed by atoms with E-state index in [0.717, 1.165) is 15.5 Å². The van der Waals surface area contributed by atoms with Crippen molar-refractivity contribution in [3.63, 3.8) is 0 Å². The second-order valence-corrected chi connectivity index (χ2v) is 7.53. The van der Waals surface area contributed by atoms with Crippen LogP contribution in [0.15, 0.2) is 41.3 Å². The molecule has 7 heteroatoms. The molecule has 0 aliphatic carbocycles. The van der Waals surface area contributed by atoms with Gasteiger partial charge in [0, 0.05) is 27.1 Å². The number of halogens is 1. The molecule has 23 heavy (non-hydrogen) atoms. The van der Waals surface area contributed by atoms with Gasteiger partial charge in [-0.25, -0.2) is 4.79 Å². The molecular formula is C16H16ClNO3S2. The van der Waals surface area contributed by atoms with Gasteiger partial charge in [0.05, 0.1) is 0 Å². The first-order chi connectivity index (χ1) is 11.0. The van der Waals surface area contributed by atoms with Crippen molar-refractivity contribution in [2.45, 2.75) is 11.8 Å². The first-order valence-electron chi connectivity index (χ1n) is 6.93. The van der Waals surface area contributed by atoms with Gasteiger partial charge in [0.15, 0.2) is 6.61 Å². The van der Waals surface area contributed by atoms with Gasteiger partial charge in [-0.3, -0.25) is 4.79 Å². The molecule has 0 radical (unpaired) electrons. The Kier molecular flexibility index (Phi) is 6.95. The summed E-state index contributed by atoms with van der Waals surface area (Å²) >= 11 is 8.78. The van der Waals surface area contributed by atoms with Gasteiger partial charge in [-0.1, -0.05) is 11.6 Å². The average Bonchev–Trinajstić information content (AvgIpc) is 2.97. The number of ether oxygens (including phenoxy) is 1. The molecule has 0 saturated heterocycles. The summed E-state index contributed by atoms with van der Waals surface area (Å²) < 4.78 is 4.97. The maximum atomic E-state index is 11.7. The topological polar surface area (TPSA) is 55.4 Å². The van der Waals surface area contributed by atoms with E-state index in [1.165, 1.54) is 11.3 Å². The predicted molar refractivity (Wildman–Crippen MR) is 94.5 cm³/mol. The molecule has 0 saturated carbocycles. The van der Waals surface area contributed by atoms with Crippen LogP contribution in [0.25, 0.3) is 0 Å². The predicted octanol–water partition coefficient (Wildman–Crippen LogP) is 3.78. The van der Waals surface area contributed by atoms with Crippen molar-refractivity contribution in [3.8, 4) is 0 Å². The Hall–Kier alpha value is -1.50. The lowest BCUT2D eigenvalue weighted by Gasteiger charge is -2.06. The maximum Gasteiger partial charge on any atom is 0.348 e. The molecule has 0 aliphatic heterocycles. The van der Waals surface area contributed by atoms with Crippen molar-refractivity contribution in [2.75, 3.05) is 18.9 Å². The van der Waals surface area contributed by atoms with Crippen molar-refractivity contribution < 1.29 is 14.3 Å². The van der Waals surface area contributed by atoms with Crippen LogP contribution in [0, 0.1) is 6.92 Å². The molecule has 0 spiro atoms. The van der Waals surface area contributed by atoms with E-state index in [1.807, 2.05) is 37.3 Å². The summed E-state index contributed by atoms with van der Waals surface area (Å²) in [5, 5.41) is 3.42. The zero-order valence-corrected chi connectivity index (χ0v) is 14.9. The minimum Gasteiger partial charge on any atom is -0.451 e. The quantitative estimate of drug-likeness (QED) is 0.458. The average molecular weight is 370 g/mol. The summed E-state index contributed by atoms with van der Waals surface area (Å²) in [6.45, 7) is 2.15. The van der Waals surface area contributed by atoms with Crippen LogP contribution in [0.1, 0.15) is 14.5 Å². The summed E-state index contributed by atoms with van der Waals surface area (Å²) in [5.41, 5.74) is 0. The molecule has 1 heterocycles. The Bertz CT molecular complexity index is 670. The Balaban J connectivity index is 1.61. The van der Waals surface area contributed by atoms with E-state index in [9.17, 15) is 9.59 Å². The molecule has 2 aromatic rings. The minimum absolute atomic E-state index is 0.263. The molecule has 4 nitrogen and oxygen atoms in total. The van der Waals surface area contributed by atoms with Gasteiger partial charge in [0.25, 0.3) is 5.91 Å². The molecule has 0 bridgehead atoms. The number of hydrogen-bond acceptors (Lipinski definition) is 5. The Labute approximate surface area is 148 Å². The molecule has 1 amide bonds. The molecule has 0 atom stereocenters. The van der Waals surface area contributed by atoms with E-state index < -0.39 is 5.97 Å². The van der Waals surface area contributed by atoms with Crippen LogP contribution in [-0.4, -0.2) is 30.8 Å². The normalized spacial score (nSPS) is 10.3. The van der Waals surface area contributed by atoms with Gasteiger partial charge in [0.1, 0.15) is 4.88 Å². The zero-order valence-electron chi connectivity index (χ0n) is 12.5. The Morgan fingerprint density at radius 3 is 2.61 bits per heavy atom. The third-order valence-corrected chi connectivity index (χ3v) is 5.03. The third-order valence-electron chi connectivity index (χ3n) is 2.78. The molecule has 122 valence electrons. The highest BCUT2D eigenvalue weighted by molar-refractivity contribution is 7.99. The highest BCUT2D eigenvalue weighted by Gasteiger charge is 2.11. The molecule has 0 unspecified atom stereocenters. The second-order valence-electron chi connectivity index (χ2n) is 4.64. The lowest BCUT2D eigenvalue weighted by molar-refractivity contribution is -0.124. The van der Waals surface area contributed by atoms with Gasteiger partial charge < -0.3 is 10.1 Å². The number of benzene rings is 1. The number of aryl methyl sites for hydroxylation is 1. The van der Waals surface area contributed by atoms with Crippen LogP contribution < -0.4 is 5.32 Å². The number of esters is 1. The fourth-order valence-electron chi connectivity index (χ4n) is 1.69. The number of thiophene rings is 1. The SMILES string of the molecule is Cc1ccc(C(=O)OCC(=O)NCCSc2ccc(Cl)cc2)s1. The lowest BCUT2D eigenvalue weighted by Crippen LogP contribution is -2.30. The number of hydrogen-bond donors (Lipinski definition) is 1. The van der Waals surface area contributed by atoms with Gasteiger partial charge in [-0.05, 0) is 43.3 Å². The fraction of sp³-hybridized carbons (Fsp3) is 0.250. The maximum absolute atomic E-state index is 11.7. The number of rotatable bonds is 7. The summed E-state index contributed by atoms with van der Waals surface area (Å²) in [4.78, 5) is 25.9. The standard InChI is InChI=1S/C16H16ClNO3S2/c1-11-2-7-14(23-11)16(20)21-10-15(19)18-8-9-22-13-5-3-12(17)4-6-13/h2-7H,8-10H2,1H3,(H,18,19). The van der Waals surface area contributed by atoms with Crippen molar-refractivity contribution in [3.05, 3.63) is 51.2 Å². The molecule has 2 rings (SSSR count). The molecule has 1 N–H and O–H groups in total. The van der Waals surface area contributed by atoms with Gasteiger partial charge >= 0.3 is 5.97 Å². The van der Waals surface area contributed by atoms with Crippen molar-refractivity contribution >= 4 is 46.6 Å². The number of nitrogens with one attached hydrogen (secondary N) is 1. The summed E-state index contributed by atoms with van der Waals surface area (Å²) in [5.74, 6) is -0.0389. The van der Waals surface area contributed by atoms with E-state index in [2.05, 4.69) is 5.32 Å². The van der Waals surface area contributed by atoms with Crippen molar-refractivity contribution in [1.82, 2.24) is 5.32 Å². The number of carbonyl (C=O) groups is 2. The van der Waals surface area contributed by atoms with Crippen LogP contribution in [0.4, 0.5) is 0 Å². The van der Waals surface area contributed by atoms with Crippen LogP contribution >= 0.6 is 34.7 Å². The zero-order chi connectivity index (χ0) is 16.7. The first-order valence-corrected chi connectivity index (χ1v) is 9.11. The second kappa shape index (κ2) is 8.96. The molecule has 1 aromatic carbocycles. The highest BCUT2D eigenvalue weighted by atomic mass is 35.5. The number of carbonyl (C=O) groups excluding carboxylic acids is 2. The largest absolute Gasteiger partial charge is 0.451 e. The Morgan fingerprint density at radius 2 is 1.96 bits per heavy atom. The smallest absolute Gasteiger partial charge is 0.348 e. The highest BCUT2D eigenvalue weighted by Crippen LogP contribution is 2.19. The number of amides is 1. The van der Waals surface area contributed by atoms with Crippen LogP contribution in [-0.2, 0) is 9.53 Å². The summed E-state index contributed by atoms with van der Waals surface area (Å²) in [6.07, 6.45) is 0. The third kappa shape index (κ3) is 6.25. The number of thioether (sulfide) groups is 1. The van der Waals surface area contributed by atoms with Crippen LogP contribution in [0.2, 0.25) is 5.02 Å². The van der Waals surface area contributed by atoms with E-state index in [1.54, 1.807) is 17.8 Å². The lowest BCUT2D eigenvalue weighted by atomic mass is 10.4. The van der Waals surface area contributed by atoms with Crippen LogP contribution in [0.5, 0.6) is 0 Å². The molecule has 0 aliphatic rings. The van der Waals surface area contributed by atoms with E-state index in [-0.39, 0.29) is 12.5 Å². The van der Waals surface area contributed by atoms with Crippen molar-refractivity contribution in [1.29, 1.82) is 0 Å². The first kappa shape index (κ1) is 17.8. The van der Waals surface area contributed by atoms with Gasteiger partial charge in [0.2, 0.25) is 0 Å². The van der Waals surface area contributed by atoms with Gasteiger partial charge in [-0.15, -0.1) is 23.1 Å². The van der Waals surface area contributed by atoms with Gasteiger partial charge in [-0.2, -0.15) is 0 Å². The molecule has 0 fully saturated rings. The van der Waals surface area contributed by atoms with E-state index in [0.29, 0.717) is 16.4 Å². The Morgan fingerprint density at radius 1 is 1.22 bits per heavy atom. The summed E-state index contributed by atoms with van der Waals surface area (Å²) in [7, 11) is 0. The van der Waals surface area contributed by atoms with E-state index >= 15 is 0 Å². The van der Waals surface area contributed by atoms with Crippen LogP contribution in [0.3, 0.4) is 0 Å². The fourth-order valence-corrected chi connectivity index (χ4v) is 3.34. The van der Waals surface area contributed by atoms with E-state index in [4.69, 9.17) is 16.3 Å². The molecule has 1 aromatic heterocycles. The summed E-state index contributed by atoms with van der Waals surface area (Å²) in [6, 6.07) is 11.1. The minimum atomic E-state index is -0.464. The monoisotopic (exact) mass is 369 g/mol. The van der Waals surface area contributed by atoms with Crippen molar-refractivity contribution in [2.24, 2.45) is 0 Å². The molecular weight excluding hydrogens is 354 g/mol.